The molecule has 37 heavy (non-hydrogen) atoms. The van der Waals surface area contributed by atoms with Crippen molar-refractivity contribution in [2.45, 2.75) is 6.92 Å². The molecule has 5 rings (SSSR count). The summed E-state index contributed by atoms with van der Waals surface area (Å²) in [5.41, 5.74) is 5.25. The Hall–Kier alpha value is -3.75. The Balaban J connectivity index is 1.51. The maximum Gasteiger partial charge on any atom is 0.324 e. The molecule has 192 valence electrons. The van der Waals surface area contributed by atoms with Crippen LogP contribution in [0.5, 0.6) is 5.75 Å². The molecule has 3 aromatic rings. The SMILES string of the molecule is CC(=O)Nc1ccc(-c2cccc(-c3ccc(N4CCN(C)C4=O)c(Cl)c3)c2O)cc1N1CCNCC1. The number of hydrogen-bond acceptors (Lipinski definition) is 5. The average molecular weight is 520 g/mol. The summed E-state index contributed by atoms with van der Waals surface area (Å²) in [6, 6.07) is 16.8. The largest absolute Gasteiger partial charge is 0.507 e. The van der Waals surface area contributed by atoms with Crippen LogP contribution < -0.4 is 20.4 Å². The molecule has 2 heterocycles. The highest BCUT2D eigenvalue weighted by Crippen LogP contribution is 2.42. The lowest BCUT2D eigenvalue weighted by molar-refractivity contribution is -0.114. The highest BCUT2D eigenvalue weighted by molar-refractivity contribution is 6.34. The molecule has 2 fully saturated rings. The Labute approximate surface area is 221 Å². The molecule has 0 atom stereocenters. The van der Waals surface area contributed by atoms with Crippen molar-refractivity contribution in [3.8, 4) is 28.0 Å². The van der Waals surface area contributed by atoms with Crippen molar-refractivity contribution < 1.29 is 14.7 Å². The molecule has 3 amide bonds. The molecule has 0 aromatic heterocycles. The standard InChI is InChI=1S/C28H30ClN5O3/c1-18(35)31-24-8-6-20(17-26(24)33-12-10-30-11-13-33)22-5-3-4-21(27(22)36)19-7-9-25(23(29)16-19)34-15-14-32(2)28(34)37/h3-9,16-17,30,36H,10-15H2,1-2H3,(H,31,35). The van der Waals surface area contributed by atoms with Crippen LogP contribution in [0.3, 0.4) is 0 Å². The number of nitrogens with zero attached hydrogens (tertiary/aromatic N) is 3. The molecule has 0 spiro atoms. The van der Waals surface area contributed by atoms with Gasteiger partial charge in [0.2, 0.25) is 5.91 Å². The number of rotatable bonds is 5. The quantitative estimate of drug-likeness (QED) is 0.458. The van der Waals surface area contributed by atoms with Gasteiger partial charge in [0, 0.05) is 64.4 Å². The molecule has 0 aliphatic carbocycles. The lowest BCUT2D eigenvalue weighted by Gasteiger charge is -2.31. The Morgan fingerprint density at radius 3 is 2.24 bits per heavy atom. The topological polar surface area (TPSA) is 88.2 Å². The van der Waals surface area contributed by atoms with Gasteiger partial charge in [-0.1, -0.05) is 41.9 Å². The first kappa shape index (κ1) is 24.9. The van der Waals surface area contributed by atoms with Crippen molar-refractivity contribution in [1.82, 2.24) is 10.2 Å². The van der Waals surface area contributed by atoms with Crippen LogP contribution in [0.25, 0.3) is 22.3 Å². The van der Waals surface area contributed by atoms with Gasteiger partial charge in [0.1, 0.15) is 5.75 Å². The van der Waals surface area contributed by atoms with Crippen LogP contribution in [-0.2, 0) is 4.79 Å². The molecule has 0 bridgehead atoms. The van der Waals surface area contributed by atoms with E-state index in [1.807, 2.05) is 48.5 Å². The summed E-state index contributed by atoms with van der Waals surface area (Å²) < 4.78 is 0. The summed E-state index contributed by atoms with van der Waals surface area (Å²) in [7, 11) is 1.77. The van der Waals surface area contributed by atoms with E-state index in [4.69, 9.17) is 11.6 Å². The number of aromatic hydroxyl groups is 1. The van der Waals surface area contributed by atoms with E-state index in [2.05, 4.69) is 15.5 Å². The fraction of sp³-hybridized carbons (Fsp3) is 0.286. The molecule has 3 N–H and O–H groups in total. The molecule has 2 aliphatic rings. The Morgan fingerprint density at radius 2 is 1.62 bits per heavy atom. The molecular weight excluding hydrogens is 490 g/mol. The molecule has 2 aliphatic heterocycles. The van der Waals surface area contributed by atoms with Gasteiger partial charge >= 0.3 is 6.03 Å². The first-order chi connectivity index (χ1) is 17.8. The van der Waals surface area contributed by atoms with Crippen molar-refractivity contribution >= 4 is 40.6 Å². The normalized spacial score (nSPS) is 15.9. The van der Waals surface area contributed by atoms with E-state index < -0.39 is 0 Å². The summed E-state index contributed by atoms with van der Waals surface area (Å²) in [5.74, 6) is 0.0124. The second kappa shape index (κ2) is 10.3. The number of nitrogens with one attached hydrogen (secondary N) is 2. The van der Waals surface area contributed by atoms with Crippen molar-refractivity contribution in [2.24, 2.45) is 0 Å². The number of carbonyl (C=O) groups is 2. The first-order valence-corrected chi connectivity index (χ1v) is 12.7. The van der Waals surface area contributed by atoms with Gasteiger partial charge in [-0.3, -0.25) is 9.69 Å². The number of amides is 3. The van der Waals surface area contributed by atoms with E-state index in [1.165, 1.54) is 6.92 Å². The van der Waals surface area contributed by atoms with Crippen LogP contribution in [0.1, 0.15) is 6.92 Å². The van der Waals surface area contributed by atoms with Gasteiger partial charge in [-0.15, -0.1) is 0 Å². The van der Waals surface area contributed by atoms with Crippen LogP contribution in [0.4, 0.5) is 21.9 Å². The monoisotopic (exact) mass is 519 g/mol. The lowest BCUT2D eigenvalue weighted by atomic mass is 9.96. The smallest absolute Gasteiger partial charge is 0.324 e. The fourth-order valence-electron chi connectivity index (χ4n) is 4.94. The van der Waals surface area contributed by atoms with Crippen molar-refractivity contribution in [3.63, 3.8) is 0 Å². The minimum Gasteiger partial charge on any atom is -0.507 e. The highest BCUT2D eigenvalue weighted by atomic mass is 35.5. The Bertz CT molecular complexity index is 1360. The second-order valence-corrected chi connectivity index (χ2v) is 9.78. The number of phenolic OH excluding ortho intramolecular Hbond substituents is 1. The zero-order valence-electron chi connectivity index (χ0n) is 20.9. The third kappa shape index (κ3) is 4.95. The molecular formula is C28H30ClN5O3. The number of anilines is 3. The van der Waals surface area contributed by atoms with E-state index >= 15 is 0 Å². The minimum atomic E-state index is -0.128. The molecule has 3 aromatic carbocycles. The number of benzene rings is 3. The van der Waals surface area contributed by atoms with Crippen LogP contribution in [-0.4, -0.2) is 68.3 Å². The van der Waals surface area contributed by atoms with Gasteiger partial charge in [-0.2, -0.15) is 0 Å². The van der Waals surface area contributed by atoms with E-state index in [1.54, 1.807) is 22.9 Å². The fourth-order valence-corrected chi connectivity index (χ4v) is 5.22. The van der Waals surface area contributed by atoms with Gasteiger partial charge in [-0.05, 0) is 35.4 Å². The van der Waals surface area contributed by atoms with Gasteiger partial charge in [0.05, 0.1) is 22.1 Å². The second-order valence-electron chi connectivity index (χ2n) is 9.37. The maximum absolute atomic E-state index is 12.4. The summed E-state index contributed by atoms with van der Waals surface area (Å²) in [4.78, 5) is 29.8. The number of hydrogen-bond donors (Lipinski definition) is 3. The zero-order chi connectivity index (χ0) is 26.1. The number of likely N-dealkylation sites (N-methyl/N-ethyl adjacent to an activating group) is 1. The first-order valence-electron chi connectivity index (χ1n) is 12.4. The van der Waals surface area contributed by atoms with Crippen LogP contribution in [0.2, 0.25) is 5.02 Å². The number of urea groups is 1. The summed E-state index contributed by atoms with van der Waals surface area (Å²) in [6.45, 7) is 6.10. The summed E-state index contributed by atoms with van der Waals surface area (Å²) in [5, 5.41) is 18.1. The number of piperazine rings is 1. The molecule has 0 saturated carbocycles. The molecule has 0 radical (unpaired) electrons. The Kier molecular flexibility index (Phi) is 6.95. The van der Waals surface area contributed by atoms with E-state index in [0.717, 1.165) is 48.7 Å². The van der Waals surface area contributed by atoms with Gasteiger partial charge in [-0.25, -0.2) is 4.79 Å². The van der Waals surface area contributed by atoms with E-state index in [0.29, 0.717) is 34.9 Å². The van der Waals surface area contributed by atoms with Crippen LogP contribution in [0, 0.1) is 0 Å². The predicted octanol–water partition coefficient (Wildman–Crippen LogP) is 4.62. The van der Waals surface area contributed by atoms with Crippen molar-refractivity contribution in [3.05, 3.63) is 59.6 Å². The number of phenols is 1. The van der Waals surface area contributed by atoms with Gasteiger partial charge in [0.15, 0.2) is 0 Å². The average Bonchev–Trinajstić information content (AvgIpc) is 3.22. The van der Waals surface area contributed by atoms with Crippen molar-refractivity contribution in [2.75, 3.05) is 61.4 Å². The molecule has 8 nitrogen and oxygen atoms in total. The van der Waals surface area contributed by atoms with Gasteiger partial charge in [0.25, 0.3) is 0 Å². The van der Waals surface area contributed by atoms with Crippen LogP contribution >= 0.6 is 11.6 Å². The zero-order valence-corrected chi connectivity index (χ0v) is 21.7. The van der Waals surface area contributed by atoms with E-state index in [-0.39, 0.29) is 17.7 Å². The van der Waals surface area contributed by atoms with Crippen LogP contribution in [0.15, 0.2) is 54.6 Å². The van der Waals surface area contributed by atoms with E-state index in [9.17, 15) is 14.7 Å². The maximum atomic E-state index is 12.4. The highest BCUT2D eigenvalue weighted by Gasteiger charge is 2.28. The molecule has 9 heteroatoms. The number of para-hydroxylation sites is 1. The van der Waals surface area contributed by atoms with Crippen molar-refractivity contribution in [1.29, 1.82) is 0 Å². The molecule has 2 saturated heterocycles. The number of carbonyl (C=O) groups excluding carboxylic acids is 2. The number of halogens is 1. The Morgan fingerprint density at radius 1 is 0.946 bits per heavy atom. The summed E-state index contributed by atoms with van der Waals surface area (Å²) in [6.07, 6.45) is 0. The minimum absolute atomic E-state index is 0.0810. The lowest BCUT2D eigenvalue weighted by Crippen LogP contribution is -2.43. The predicted molar refractivity (Wildman–Crippen MR) is 149 cm³/mol. The summed E-state index contributed by atoms with van der Waals surface area (Å²) >= 11 is 6.61. The third-order valence-corrected chi connectivity index (χ3v) is 7.18. The third-order valence-electron chi connectivity index (χ3n) is 6.88. The molecule has 0 unspecified atom stereocenters. The van der Waals surface area contributed by atoms with Gasteiger partial charge < -0.3 is 25.5 Å².